The number of nitrogens with one attached hydrogen (secondary N) is 1. The van der Waals surface area contributed by atoms with Crippen LogP contribution in [0.5, 0.6) is 0 Å². The summed E-state index contributed by atoms with van der Waals surface area (Å²) in [5.74, 6) is -0.0464. The van der Waals surface area contributed by atoms with Crippen molar-refractivity contribution in [1.29, 1.82) is 0 Å². The Balaban J connectivity index is 1.38. The average molecular weight is 537 g/mol. The van der Waals surface area contributed by atoms with Crippen LogP contribution in [0, 0.1) is 6.92 Å². The first kappa shape index (κ1) is 27.6. The predicted octanol–water partition coefficient (Wildman–Crippen LogP) is 2.38. The van der Waals surface area contributed by atoms with E-state index in [1.807, 2.05) is 12.1 Å². The molecule has 0 spiro atoms. The Kier molecular flexibility index (Phi) is 9.43. The number of hydrogen-bond acceptors (Lipinski definition) is 7. The van der Waals surface area contributed by atoms with Crippen LogP contribution in [0.2, 0.25) is 5.02 Å². The molecule has 3 rings (SSSR count). The molecule has 12 heteroatoms. The first-order chi connectivity index (χ1) is 17.1. The largest absolute Gasteiger partial charge is 0.465 e. The number of rotatable bonds is 11. The van der Waals surface area contributed by atoms with E-state index in [1.165, 1.54) is 21.9 Å². The summed E-state index contributed by atoms with van der Waals surface area (Å²) in [7, 11) is -1.85. The molecule has 1 aliphatic heterocycles. The van der Waals surface area contributed by atoms with Crippen molar-refractivity contribution >= 4 is 39.3 Å². The Morgan fingerprint density at radius 2 is 1.94 bits per heavy atom. The van der Waals surface area contributed by atoms with Crippen LogP contribution in [0.15, 0.2) is 52.4 Å². The number of benzene rings is 2. The van der Waals surface area contributed by atoms with Gasteiger partial charge in [-0.05, 0) is 36.2 Å². The van der Waals surface area contributed by atoms with E-state index in [4.69, 9.17) is 16.3 Å². The summed E-state index contributed by atoms with van der Waals surface area (Å²) in [6, 6.07) is 11.8. The molecule has 0 aromatic heterocycles. The highest BCUT2D eigenvalue weighted by Gasteiger charge is 2.24. The number of halogens is 1. The molecule has 0 saturated heterocycles. The third kappa shape index (κ3) is 7.26. The van der Waals surface area contributed by atoms with Gasteiger partial charge in [-0.15, -0.1) is 0 Å². The summed E-state index contributed by atoms with van der Waals surface area (Å²) in [5.41, 5.74) is 2.27. The smallest absolute Gasteiger partial charge is 0.413 e. The van der Waals surface area contributed by atoms with E-state index in [9.17, 15) is 23.1 Å². The summed E-state index contributed by atoms with van der Waals surface area (Å²) in [6.45, 7) is 3.18. The maximum atomic E-state index is 12.4. The van der Waals surface area contributed by atoms with Crippen LogP contribution >= 0.6 is 11.6 Å². The van der Waals surface area contributed by atoms with Crippen molar-refractivity contribution in [3.8, 4) is 0 Å². The van der Waals surface area contributed by atoms with E-state index in [0.717, 1.165) is 5.56 Å². The van der Waals surface area contributed by atoms with Gasteiger partial charge < -0.3 is 20.1 Å². The third-order valence-electron chi connectivity index (χ3n) is 5.56. The van der Waals surface area contributed by atoms with Crippen molar-refractivity contribution in [3.05, 3.63) is 64.2 Å². The van der Waals surface area contributed by atoms with E-state index in [2.05, 4.69) is 10.3 Å². The van der Waals surface area contributed by atoms with Gasteiger partial charge in [0.05, 0.1) is 24.6 Å². The van der Waals surface area contributed by atoms with Crippen LogP contribution in [0.25, 0.3) is 0 Å². The maximum absolute atomic E-state index is 12.4. The fraction of sp³-hybridized carbons (Fsp3) is 0.375. The Morgan fingerprint density at radius 3 is 2.61 bits per heavy atom. The quantitative estimate of drug-likeness (QED) is 0.422. The Bertz CT molecular complexity index is 1230. The zero-order valence-corrected chi connectivity index (χ0v) is 21.7. The zero-order chi connectivity index (χ0) is 26.3. The molecule has 0 bridgehead atoms. The number of ether oxygens (including phenoxy) is 1. The molecule has 0 fully saturated rings. The van der Waals surface area contributed by atoms with E-state index < -0.39 is 15.9 Å². The van der Waals surface area contributed by atoms with Gasteiger partial charge in [0, 0.05) is 30.7 Å². The van der Waals surface area contributed by atoms with E-state index in [-0.39, 0.29) is 36.4 Å². The minimum atomic E-state index is -3.51. The van der Waals surface area contributed by atoms with Gasteiger partial charge in [-0.2, -0.15) is 0 Å². The van der Waals surface area contributed by atoms with Gasteiger partial charge in [0.15, 0.2) is 9.84 Å². The molecule has 0 radical (unpaired) electrons. The van der Waals surface area contributed by atoms with Crippen molar-refractivity contribution in [2.45, 2.75) is 18.4 Å². The summed E-state index contributed by atoms with van der Waals surface area (Å²) in [6.07, 6.45) is -1.03. The van der Waals surface area contributed by atoms with Gasteiger partial charge >= 0.3 is 6.09 Å². The van der Waals surface area contributed by atoms with Crippen LogP contribution in [-0.2, 0) is 25.9 Å². The number of sulfone groups is 1. The van der Waals surface area contributed by atoms with Crippen molar-refractivity contribution in [3.63, 3.8) is 0 Å². The second-order valence-electron chi connectivity index (χ2n) is 8.31. The number of carbonyl (C=O) groups excluding carboxylic acids is 1. The topological polar surface area (TPSA) is 129 Å². The highest BCUT2D eigenvalue weighted by molar-refractivity contribution is 7.91. The molecular weight excluding hydrogens is 508 g/mol. The summed E-state index contributed by atoms with van der Waals surface area (Å²) >= 11 is 5.95. The third-order valence-corrected chi connectivity index (χ3v) is 7.54. The minimum Gasteiger partial charge on any atom is -0.465 e. The zero-order valence-electron chi connectivity index (χ0n) is 20.1. The number of nitrogens with zero attached hydrogens (tertiary/aromatic N) is 3. The molecular formula is C24H29ClN4O6S. The second-order valence-corrected chi connectivity index (χ2v) is 10.7. The number of amidine groups is 1. The highest BCUT2D eigenvalue weighted by Crippen LogP contribution is 2.20. The Hall–Kier alpha value is -2.99. The molecule has 0 aliphatic carbocycles. The number of carboxylic acid groups (broad SMARTS) is 1. The lowest BCUT2D eigenvalue weighted by atomic mass is 10.1. The fourth-order valence-electron chi connectivity index (χ4n) is 3.52. The molecule has 36 heavy (non-hydrogen) atoms. The summed E-state index contributed by atoms with van der Waals surface area (Å²) < 4.78 is 30.2. The lowest BCUT2D eigenvalue weighted by molar-refractivity contribution is -0.135. The van der Waals surface area contributed by atoms with Crippen LogP contribution in [0.4, 0.5) is 4.79 Å². The molecule has 2 amide bonds. The molecule has 1 heterocycles. The minimum absolute atomic E-state index is 0.135. The Morgan fingerprint density at radius 1 is 1.22 bits per heavy atom. The van der Waals surface area contributed by atoms with Crippen LogP contribution < -0.4 is 5.32 Å². The van der Waals surface area contributed by atoms with Gasteiger partial charge in [0.25, 0.3) is 0 Å². The SMILES string of the molecule is Cc1cc(S(=O)(=O)CNCCOCC(=O)N(C)Cc2ccc(C3=NCCN3C(=O)O)cc2)ccc1Cl. The lowest BCUT2D eigenvalue weighted by Crippen LogP contribution is -2.33. The lowest BCUT2D eigenvalue weighted by Gasteiger charge is -2.18. The van der Waals surface area contributed by atoms with Crippen molar-refractivity contribution < 1.29 is 27.9 Å². The number of aryl methyl sites for hydroxylation is 1. The fourth-order valence-corrected chi connectivity index (χ4v) is 4.85. The normalized spacial score (nSPS) is 13.5. The first-order valence-corrected chi connectivity index (χ1v) is 13.3. The van der Waals surface area contributed by atoms with Gasteiger partial charge in [0.2, 0.25) is 5.91 Å². The number of carbonyl (C=O) groups is 2. The Labute approximate surface area is 215 Å². The van der Waals surface area contributed by atoms with E-state index in [1.54, 1.807) is 32.2 Å². The number of likely N-dealkylation sites (N-methyl/N-ethyl adjacent to an activating group) is 1. The standard InChI is InChI=1S/C24H29ClN4O6S/c1-17-13-20(7-8-21(17)25)36(33,34)16-26-10-12-35-15-22(30)28(2)14-18-3-5-19(6-4-18)23-27-9-11-29(23)24(31)32/h3-8,13,26H,9-12,14-16H2,1-2H3,(H,31,32). The van der Waals surface area contributed by atoms with Crippen molar-refractivity contribution in [1.82, 2.24) is 15.1 Å². The maximum Gasteiger partial charge on any atom is 0.413 e. The van der Waals surface area contributed by atoms with Crippen molar-refractivity contribution in [2.75, 3.05) is 45.8 Å². The predicted molar refractivity (Wildman–Crippen MR) is 136 cm³/mol. The monoisotopic (exact) mass is 536 g/mol. The number of aliphatic imine (C=N–C) groups is 1. The van der Waals surface area contributed by atoms with Crippen LogP contribution in [-0.4, -0.2) is 86.9 Å². The summed E-state index contributed by atoms with van der Waals surface area (Å²) in [5, 5.41) is 12.6. The molecule has 2 aromatic rings. The molecule has 0 unspecified atom stereocenters. The molecule has 0 saturated carbocycles. The molecule has 1 aliphatic rings. The number of amides is 2. The summed E-state index contributed by atoms with van der Waals surface area (Å²) in [4.78, 5) is 30.8. The second kappa shape index (κ2) is 12.3. The van der Waals surface area contributed by atoms with Gasteiger partial charge in [-0.1, -0.05) is 35.9 Å². The molecule has 194 valence electrons. The van der Waals surface area contributed by atoms with Gasteiger partial charge in [-0.3, -0.25) is 14.7 Å². The highest BCUT2D eigenvalue weighted by atomic mass is 35.5. The molecule has 0 atom stereocenters. The van der Waals surface area contributed by atoms with E-state index in [0.29, 0.717) is 41.6 Å². The van der Waals surface area contributed by atoms with Gasteiger partial charge in [0.1, 0.15) is 18.3 Å². The molecule has 10 nitrogen and oxygen atoms in total. The van der Waals surface area contributed by atoms with E-state index >= 15 is 0 Å². The first-order valence-electron chi connectivity index (χ1n) is 11.2. The number of hydrogen-bond donors (Lipinski definition) is 2. The molecule has 2 aromatic carbocycles. The van der Waals surface area contributed by atoms with Gasteiger partial charge in [-0.25, -0.2) is 13.2 Å². The van der Waals surface area contributed by atoms with Crippen LogP contribution in [0.1, 0.15) is 16.7 Å². The molecule has 2 N–H and O–H groups in total. The van der Waals surface area contributed by atoms with Crippen molar-refractivity contribution in [2.24, 2.45) is 4.99 Å². The average Bonchev–Trinajstić information content (AvgIpc) is 3.33. The van der Waals surface area contributed by atoms with Crippen LogP contribution in [0.3, 0.4) is 0 Å².